The van der Waals surface area contributed by atoms with E-state index in [1.165, 1.54) is 17.8 Å². The van der Waals surface area contributed by atoms with Gasteiger partial charge in [-0.05, 0) is 29.3 Å². The van der Waals surface area contributed by atoms with E-state index in [9.17, 15) is 9.18 Å². The largest absolute Gasteiger partial charge is 0.493 e. The fourth-order valence-electron chi connectivity index (χ4n) is 4.64. The Balaban J connectivity index is 1.42. The number of hydrogen-bond acceptors (Lipinski definition) is 7. The van der Waals surface area contributed by atoms with E-state index in [4.69, 9.17) is 19.6 Å². The van der Waals surface area contributed by atoms with Crippen LogP contribution in [0.15, 0.2) is 107 Å². The van der Waals surface area contributed by atoms with E-state index in [2.05, 4.69) is 5.32 Å². The number of carbonyl (C=O) groups excluding carboxylic acids is 1. The van der Waals surface area contributed by atoms with Gasteiger partial charge in [-0.15, -0.1) is 5.10 Å². The first-order chi connectivity index (χ1) is 19.6. The zero-order valence-electron chi connectivity index (χ0n) is 21.6. The van der Waals surface area contributed by atoms with Crippen molar-refractivity contribution in [3.05, 3.63) is 130 Å². The van der Waals surface area contributed by atoms with Crippen LogP contribution < -0.4 is 25.4 Å². The maximum atomic E-state index is 14.3. The van der Waals surface area contributed by atoms with E-state index in [-0.39, 0.29) is 11.7 Å². The summed E-state index contributed by atoms with van der Waals surface area (Å²) in [5, 5.41) is 11.0. The molecule has 6 rings (SSSR count). The van der Waals surface area contributed by atoms with Crippen molar-refractivity contribution in [3.63, 3.8) is 0 Å². The predicted octanol–water partition coefficient (Wildman–Crippen LogP) is 4.49. The fourth-order valence-corrected chi connectivity index (χ4v) is 5.47. The van der Waals surface area contributed by atoms with Crippen LogP contribution in [0.4, 0.5) is 4.39 Å². The molecule has 0 spiro atoms. The molecule has 0 saturated heterocycles. The highest BCUT2D eigenvalue weighted by atomic mass is 32.2. The second kappa shape index (κ2) is 11.2. The summed E-state index contributed by atoms with van der Waals surface area (Å²) in [6.45, 7) is 0.321. The number of nitrogens with one attached hydrogen (secondary N) is 1. The van der Waals surface area contributed by atoms with Gasteiger partial charge in [0.25, 0.3) is 5.91 Å². The zero-order valence-corrected chi connectivity index (χ0v) is 22.4. The van der Waals surface area contributed by atoms with Gasteiger partial charge in [0.15, 0.2) is 22.8 Å². The van der Waals surface area contributed by atoms with E-state index >= 15 is 0 Å². The van der Waals surface area contributed by atoms with Crippen LogP contribution in [0.2, 0.25) is 0 Å². The molecule has 1 atom stereocenters. The lowest BCUT2D eigenvalue weighted by Crippen LogP contribution is -2.50. The Labute approximate surface area is 234 Å². The predicted molar refractivity (Wildman–Crippen MR) is 152 cm³/mol. The molecule has 0 fully saturated rings. The number of nitrogens with zero attached hydrogens (tertiary/aromatic N) is 3. The summed E-state index contributed by atoms with van der Waals surface area (Å²) in [5.41, 5.74) is 2.59. The van der Waals surface area contributed by atoms with Crippen LogP contribution in [-0.4, -0.2) is 23.2 Å². The standard InChI is InChI=1S/C31H25FN4O3S/c1-38-26-17-9-14-23(28(26)39-18-20-10-3-2-4-11-20)29-33-25-16-8-6-13-22(25)27-30(37)34-31(35-36(27)29)40-19-21-12-5-7-15-24(21)32/h2-17,29H,18-19H2,1H3,(H,34,35,37)/t29-/m1/s1. The van der Waals surface area contributed by atoms with Crippen LogP contribution in [0.5, 0.6) is 11.5 Å². The van der Waals surface area contributed by atoms with Gasteiger partial charge in [-0.25, -0.2) is 9.40 Å². The number of rotatable bonds is 7. The van der Waals surface area contributed by atoms with Gasteiger partial charge in [-0.2, -0.15) is 0 Å². The Morgan fingerprint density at radius 2 is 1.73 bits per heavy atom. The van der Waals surface area contributed by atoms with E-state index in [1.807, 2.05) is 72.8 Å². The van der Waals surface area contributed by atoms with Crippen LogP contribution in [0, 0.1) is 5.82 Å². The van der Waals surface area contributed by atoms with Crippen LogP contribution in [0.25, 0.3) is 5.70 Å². The number of thioether (sulfide) groups is 1. The number of hydrogen-bond donors (Lipinski definition) is 1. The molecule has 0 unspecified atom stereocenters. The van der Waals surface area contributed by atoms with Gasteiger partial charge in [-0.3, -0.25) is 15.1 Å². The van der Waals surface area contributed by atoms with Crippen molar-refractivity contribution in [2.45, 2.75) is 18.5 Å². The summed E-state index contributed by atoms with van der Waals surface area (Å²) in [5.74, 6) is 0.749. The highest BCUT2D eigenvalue weighted by molar-refractivity contribution is 8.13. The number of methoxy groups -OCH3 is 1. The van der Waals surface area contributed by atoms with E-state index in [0.717, 1.165) is 5.56 Å². The van der Waals surface area contributed by atoms with Crippen LogP contribution in [0.3, 0.4) is 0 Å². The molecule has 2 heterocycles. The highest BCUT2D eigenvalue weighted by Gasteiger charge is 2.36. The smallest absolute Gasteiger partial charge is 0.276 e. The Morgan fingerprint density at radius 3 is 2.55 bits per heavy atom. The van der Waals surface area contributed by atoms with Gasteiger partial charge >= 0.3 is 0 Å². The van der Waals surface area contributed by atoms with Gasteiger partial charge in [0, 0.05) is 16.5 Å². The first-order valence-electron chi connectivity index (χ1n) is 12.7. The molecule has 1 amide bonds. The quantitative estimate of drug-likeness (QED) is 0.366. The summed E-state index contributed by atoms with van der Waals surface area (Å²) in [7, 11) is 1.59. The average Bonchev–Trinajstić information content (AvgIpc) is 2.99. The molecule has 0 bridgehead atoms. The lowest BCUT2D eigenvalue weighted by Gasteiger charge is -2.34. The highest BCUT2D eigenvalue weighted by Crippen LogP contribution is 2.41. The summed E-state index contributed by atoms with van der Waals surface area (Å²) < 4.78 is 26.2. The van der Waals surface area contributed by atoms with Crippen molar-refractivity contribution >= 4 is 28.5 Å². The molecular weight excluding hydrogens is 527 g/mol. The molecule has 0 saturated carbocycles. The number of amides is 1. The molecule has 2 aliphatic rings. The molecule has 7 nitrogen and oxygen atoms in total. The normalized spacial score (nSPS) is 15.8. The molecule has 4 aromatic rings. The minimum Gasteiger partial charge on any atom is -0.493 e. The number of halogens is 1. The molecule has 40 heavy (non-hydrogen) atoms. The Hall–Kier alpha value is -4.63. The fraction of sp³-hybridized carbons (Fsp3) is 0.129. The first-order valence-corrected chi connectivity index (χ1v) is 13.7. The monoisotopic (exact) mass is 552 g/mol. The van der Waals surface area contributed by atoms with Crippen molar-refractivity contribution < 1.29 is 18.7 Å². The lowest BCUT2D eigenvalue weighted by atomic mass is 10.1. The molecule has 0 aliphatic carbocycles. The number of carbonyl (C=O) groups is 1. The third-order valence-electron chi connectivity index (χ3n) is 6.57. The number of ether oxygens (including phenoxy) is 2. The van der Waals surface area contributed by atoms with Crippen molar-refractivity contribution in [1.29, 1.82) is 0 Å². The third kappa shape index (κ3) is 5.03. The SMILES string of the molecule is COc1cccc([C@@H]2N=c3ccccc3=C3C(=O)NC(SCc4ccccc4F)=NN32)c1OCc1ccccc1. The van der Waals surface area contributed by atoms with Crippen LogP contribution in [-0.2, 0) is 17.2 Å². The van der Waals surface area contributed by atoms with Crippen molar-refractivity contribution in [2.75, 3.05) is 7.11 Å². The minimum absolute atomic E-state index is 0.304. The molecule has 0 radical (unpaired) electrons. The Morgan fingerprint density at radius 1 is 0.950 bits per heavy atom. The maximum absolute atomic E-state index is 14.3. The van der Waals surface area contributed by atoms with Crippen molar-refractivity contribution in [3.8, 4) is 11.5 Å². The van der Waals surface area contributed by atoms with Crippen LogP contribution >= 0.6 is 11.8 Å². The van der Waals surface area contributed by atoms with E-state index < -0.39 is 6.17 Å². The molecule has 4 aromatic carbocycles. The second-order valence-corrected chi connectivity index (χ2v) is 10.1. The molecule has 0 aromatic heterocycles. The molecular formula is C31H25FN4O3S. The summed E-state index contributed by atoms with van der Waals surface area (Å²) in [4.78, 5) is 18.5. The topological polar surface area (TPSA) is 75.5 Å². The first kappa shape index (κ1) is 25.6. The van der Waals surface area contributed by atoms with Crippen molar-refractivity contribution in [2.24, 2.45) is 10.1 Å². The number of benzene rings is 4. The lowest BCUT2D eigenvalue weighted by molar-refractivity contribution is -0.116. The van der Waals surface area contributed by atoms with Gasteiger partial charge in [-0.1, -0.05) is 90.6 Å². The minimum atomic E-state index is -0.708. The van der Waals surface area contributed by atoms with Crippen LogP contribution in [0.1, 0.15) is 22.9 Å². The molecule has 2 aliphatic heterocycles. The Bertz CT molecular complexity index is 1730. The van der Waals surface area contributed by atoms with Gasteiger partial charge in [0.05, 0.1) is 12.5 Å². The third-order valence-corrected chi connectivity index (χ3v) is 7.48. The average molecular weight is 553 g/mol. The summed E-state index contributed by atoms with van der Waals surface area (Å²) in [6.07, 6.45) is -0.708. The molecule has 1 N–H and O–H groups in total. The molecule has 9 heteroatoms. The van der Waals surface area contributed by atoms with Gasteiger partial charge in [0.1, 0.15) is 18.1 Å². The maximum Gasteiger partial charge on any atom is 0.276 e. The summed E-state index contributed by atoms with van der Waals surface area (Å²) >= 11 is 1.25. The Kier molecular flexibility index (Phi) is 7.20. The van der Waals surface area contributed by atoms with E-state index in [1.54, 1.807) is 30.3 Å². The number of para-hydroxylation sites is 2. The van der Waals surface area contributed by atoms with Crippen molar-refractivity contribution in [1.82, 2.24) is 10.3 Å². The second-order valence-electron chi connectivity index (χ2n) is 9.11. The molecule has 200 valence electrons. The van der Waals surface area contributed by atoms with Gasteiger partial charge in [0.2, 0.25) is 0 Å². The summed E-state index contributed by atoms with van der Waals surface area (Å²) in [6, 6.07) is 29.4. The number of hydrazone groups is 1. The zero-order chi connectivity index (χ0) is 27.5. The van der Waals surface area contributed by atoms with Gasteiger partial charge < -0.3 is 9.47 Å². The number of amidine groups is 1. The van der Waals surface area contributed by atoms with E-state index in [0.29, 0.717) is 56.4 Å². The number of fused-ring (bicyclic) bond motifs is 2.